The number of hydrogen-bond acceptors (Lipinski definition) is 2. The van der Waals surface area contributed by atoms with Gasteiger partial charge in [-0.1, -0.05) is 6.92 Å². The highest BCUT2D eigenvalue weighted by molar-refractivity contribution is 5.37. The molecular weight excluding hydrogens is 181 g/mol. The summed E-state index contributed by atoms with van der Waals surface area (Å²) >= 11 is 0. The zero-order chi connectivity index (χ0) is 9.97. The molecule has 1 N–H and O–H groups in total. The van der Waals surface area contributed by atoms with E-state index in [1.807, 2.05) is 0 Å². The summed E-state index contributed by atoms with van der Waals surface area (Å²) in [5, 5.41) is 3.22. The predicted octanol–water partition coefficient (Wildman–Crippen LogP) is 1.74. The van der Waals surface area contributed by atoms with E-state index in [4.69, 9.17) is 4.74 Å². The number of halogens is 1. The predicted molar refractivity (Wildman–Crippen MR) is 53.1 cm³/mol. The maximum atomic E-state index is 12.9. The van der Waals surface area contributed by atoms with E-state index in [1.54, 1.807) is 12.1 Å². The SMILES string of the molecule is CCNCC1Cc2cc(F)ccc2O1. The molecule has 0 spiro atoms. The summed E-state index contributed by atoms with van der Waals surface area (Å²) in [6.07, 6.45) is 0.965. The van der Waals surface area contributed by atoms with Crippen LogP contribution in [0.5, 0.6) is 5.75 Å². The summed E-state index contributed by atoms with van der Waals surface area (Å²) in [7, 11) is 0. The van der Waals surface area contributed by atoms with Crippen molar-refractivity contribution in [3.05, 3.63) is 29.6 Å². The van der Waals surface area contributed by atoms with Gasteiger partial charge in [0.25, 0.3) is 0 Å². The quantitative estimate of drug-likeness (QED) is 0.793. The maximum Gasteiger partial charge on any atom is 0.123 e. The van der Waals surface area contributed by atoms with E-state index < -0.39 is 0 Å². The van der Waals surface area contributed by atoms with Crippen molar-refractivity contribution in [2.24, 2.45) is 0 Å². The Balaban J connectivity index is 2.03. The van der Waals surface area contributed by atoms with Gasteiger partial charge >= 0.3 is 0 Å². The number of nitrogens with one attached hydrogen (secondary N) is 1. The average Bonchev–Trinajstić information content (AvgIpc) is 2.56. The summed E-state index contributed by atoms with van der Waals surface area (Å²) < 4.78 is 18.5. The van der Waals surface area contributed by atoms with Crippen LogP contribution in [0.4, 0.5) is 4.39 Å². The van der Waals surface area contributed by atoms with Gasteiger partial charge in [0.2, 0.25) is 0 Å². The molecule has 1 heterocycles. The topological polar surface area (TPSA) is 21.3 Å². The summed E-state index contributed by atoms with van der Waals surface area (Å²) in [6.45, 7) is 3.82. The van der Waals surface area contributed by atoms with Crippen molar-refractivity contribution in [3.8, 4) is 5.75 Å². The smallest absolute Gasteiger partial charge is 0.123 e. The van der Waals surface area contributed by atoms with Crippen molar-refractivity contribution in [2.45, 2.75) is 19.4 Å². The third kappa shape index (κ3) is 1.87. The lowest BCUT2D eigenvalue weighted by molar-refractivity contribution is 0.229. The number of likely N-dealkylation sites (N-methyl/N-ethyl adjacent to an activating group) is 1. The molecule has 1 aromatic rings. The molecule has 0 aliphatic carbocycles. The van der Waals surface area contributed by atoms with Gasteiger partial charge in [-0.05, 0) is 24.7 Å². The van der Waals surface area contributed by atoms with Crippen molar-refractivity contribution < 1.29 is 9.13 Å². The monoisotopic (exact) mass is 195 g/mol. The molecule has 0 radical (unpaired) electrons. The summed E-state index contributed by atoms with van der Waals surface area (Å²) in [5.74, 6) is 0.644. The van der Waals surface area contributed by atoms with Gasteiger partial charge in [0, 0.05) is 18.5 Å². The molecule has 3 heteroatoms. The molecule has 0 saturated heterocycles. The van der Waals surface area contributed by atoms with Crippen molar-refractivity contribution in [1.29, 1.82) is 0 Å². The molecule has 2 nitrogen and oxygen atoms in total. The Labute approximate surface area is 83.1 Å². The number of hydrogen-bond donors (Lipinski definition) is 1. The van der Waals surface area contributed by atoms with E-state index in [9.17, 15) is 4.39 Å². The van der Waals surface area contributed by atoms with Gasteiger partial charge in [-0.3, -0.25) is 0 Å². The lowest BCUT2D eigenvalue weighted by atomic mass is 10.1. The highest BCUT2D eigenvalue weighted by Crippen LogP contribution is 2.28. The number of fused-ring (bicyclic) bond motifs is 1. The van der Waals surface area contributed by atoms with E-state index in [-0.39, 0.29) is 11.9 Å². The van der Waals surface area contributed by atoms with E-state index in [2.05, 4.69) is 12.2 Å². The second-order valence-electron chi connectivity index (χ2n) is 3.50. The maximum absolute atomic E-state index is 12.9. The first kappa shape index (κ1) is 9.46. The molecule has 0 fully saturated rings. The zero-order valence-electron chi connectivity index (χ0n) is 8.22. The molecule has 1 unspecified atom stereocenters. The molecule has 1 aliphatic rings. The molecule has 76 valence electrons. The summed E-state index contributed by atoms with van der Waals surface area (Å²) in [5.41, 5.74) is 0.980. The van der Waals surface area contributed by atoms with Crippen molar-refractivity contribution in [2.75, 3.05) is 13.1 Å². The van der Waals surface area contributed by atoms with Crippen LogP contribution in [-0.2, 0) is 6.42 Å². The first-order chi connectivity index (χ1) is 6.79. The molecule has 14 heavy (non-hydrogen) atoms. The second-order valence-corrected chi connectivity index (χ2v) is 3.50. The standard InChI is InChI=1S/C11H14FNO/c1-2-13-7-10-6-8-5-9(12)3-4-11(8)14-10/h3-5,10,13H,2,6-7H2,1H3. The van der Waals surface area contributed by atoms with E-state index in [0.29, 0.717) is 0 Å². The van der Waals surface area contributed by atoms with Crippen LogP contribution in [0.3, 0.4) is 0 Å². The van der Waals surface area contributed by atoms with Crippen LogP contribution in [0, 0.1) is 5.82 Å². The van der Waals surface area contributed by atoms with Gasteiger partial charge in [0.1, 0.15) is 17.7 Å². The van der Waals surface area contributed by atoms with Crippen LogP contribution >= 0.6 is 0 Å². The normalized spacial score (nSPS) is 19.1. The zero-order valence-corrected chi connectivity index (χ0v) is 8.22. The molecular formula is C11H14FNO. The van der Waals surface area contributed by atoms with Crippen LogP contribution in [0.2, 0.25) is 0 Å². The van der Waals surface area contributed by atoms with Gasteiger partial charge in [-0.15, -0.1) is 0 Å². The van der Waals surface area contributed by atoms with Gasteiger partial charge in [-0.25, -0.2) is 4.39 Å². The van der Waals surface area contributed by atoms with Gasteiger partial charge in [-0.2, -0.15) is 0 Å². The molecule has 0 amide bonds. The van der Waals surface area contributed by atoms with Crippen molar-refractivity contribution in [1.82, 2.24) is 5.32 Å². The molecule has 0 bridgehead atoms. The third-order valence-electron chi connectivity index (χ3n) is 2.39. The molecule has 0 aromatic heterocycles. The highest BCUT2D eigenvalue weighted by atomic mass is 19.1. The van der Waals surface area contributed by atoms with Crippen LogP contribution in [0.1, 0.15) is 12.5 Å². The first-order valence-corrected chi connectivity index (χ1v) is 4.95. The fourth-order valence-electron chi connectivity index (χ4n) is 1.71. The van der Waals surface area contributed by atoms with Crippen LogP contribution in [0.25, 0.3) is 0 Å². The molecule has 0 saturated carbocycles. The van der Waals surface area contributed by atoms with Crippen molar-refractivity contribution >= 4 is 0 Å². The number of rotatable bonds is 3. The Morgan fingerprint density at radius 2 is 2.43 bits per heavy atom. The molecule has 2 rings (SSSR count). The lowest BCUT2D eigenvalue weighted by Crippen LogP contribution is -2.29. The van der Waals surface area contributed by atoms with E-state index >= 15 is 0 Å². The summed E-state index contributed by atoms with van der Waals surface area (Å²) in [6, 6.07) is 4.70. The number of benzene rings is 1. The largest absolute Gasteiger partial charge is 0.488 e. The average molecular weight is 195 g/mol. The fourth-order valence-corrected chi connectivity index (χ4v) is 1.71. The lowest BCUT2D eigenvalue weighted by Gasteiger charge is -2.10. The van der Waals surface area contributed by atoms with Crippen LogP contribution in [0.15, 0.2) is 18.2 Å². The van der Waals surface area contributed by atoms with Gasteiger partial charge in [0.15, 0.2) is 0 Å². The molecule has 1 atom stereocenters. The molecule has 1 aromatic carbocycles. The van der Waals surface area contributed by atoms with Crippen LogP contribution in [-0.4, -0.2) is 19.2 Å². The minimum absolute atomic E-state index is 0.159. The van der Waals surface area contributed by atoms with E-state index in [1.165, 1.54) is 6.07 Å². The van der Waals surface area contributed by atoms with Gasteiger partial charge < -0.3 is 10.1 Å². The van der Waals surface area contributed by atoms with Crippen LogP contribution < -0.4 is 10.1 Å². The first-order valence-electron chi connectivity index (χ1n) is 4.95. The Kier molecular flexibility index (Phi) is 2.68. The summed E-state index contributed by atoms with van der Waals surface area (Å²) in [4.78, 5) is 0. The minimum Gasteiger partial charge on any atom is -0.488 e. The Bertz CT molecular complexity index is 327. The number of ether oxygens (including phenoxy) is 1. The fraction of sp³-hybridized carbons (Fsp3) is 0.455. The third-order valence-corrected chi connectivity index (χ3v) is 2.39. The van der Waals surface area contributed by atoms with E-state index in [0.717, 1.165) is 30.8 Å². The highest BCUT2D eigenvalue weighted by Gasteiger charge is 2.22. The Morgan fingerprint density at radius 1 is 1.57 bits per heavy atom. The Hall–Kier alpha value is -1.09. The van der Waals surface area contributed by atoms with Gasteiger partial charge in [0.05, 0.1) is 0 Å². The Morgan fingerprint density at radius 3 is 3.21 bits per heavy atom. The second kappa shape index (κ2) is 3.96. The van der Waals surface area contributed by atoms with Crippen molar-refractivity contribution in [3.63, 3.8) is 0 Å². The molecule has 1 aliphatic heterocycles. The minimum atomic E-state index is -0.184.